The Morgan fingerprint density at radius 2 is 1.70 bits per heavy atom. The second-order valence-electron chi connectivity index (χ2n) is 2.08. The topological polar surface area (TPSA) is 46.2 Å². The zero-order valence-corrected chi connectivity index (χ0v) is 7.96. The standard InChI is InChI=1S/C4H9Cl2NO2S/c1-3(2)7-10(8,9)4(5)6/h3-4,7H,1-2H3. The Balaban J connectivity index is 4.16. The van der Waals surface area contributed by atoms with E-state index < -0.39 is 14.2 Å². The summed E-state index contributed by atoms with van der Waals surface area (Å²) in [6.45, 7) is 3.38. The van der Waals surface area contributed by atoms with Crippen molar-refractivity contribution >= 4 is 33.2 Å². The van der Waals surface area contributed by atoms with E-state index in [9.17, 15) is 8.42 Å². The van der Waals surface area contributed by atoms with Crippen molar-refractivity contribution in [2.45, 2.75) is 24.1 Å². The van der Waals surface area contributed by atoms with Crippen LogP contribution in [0.3, 0.4) is 0 Å². The Hall–Kier alpha value is 0.490. The molecule has 0 fully saturated rings. The highest BCUT2D eigenvalue weighted by Gasteiger charge is 2.20. The molecule has 0 unspecified atom stereocenters. The fourth-order valence-electron chi connectivity index (χ4n) is 0.380. The van der Waals surface area contributed by atoms with Gasteiger partial charge < -0.3 is 0 Å². The van der Waals surface area contributed by atoms with Gasteiger partial charge in [-0.1, -0.05) is 23.2 Å². The smallest absolute Gasteiger partial charge is 0.210 e. The first-order valence-electron chi connectivity index (χ1n) is 2.65. The van der Waals surface area contributed by atoms with Crippen molar-refractivity contribution in [2.75, 3.05) is 0 Å². The van der Waals surface area contributed by atoms with Gasteiger partial charge in [-0.05, 0) is 13.8 Å². The molecule has 0 amide bonds. The van der Waals surface area contributed by atoms with Gasteiger partial charge in [0.05, 0.1) is 0 Å². The van der Waals surface area contributed by atoms with E-state index >= 15 is 0 Å². The highest BCUT2D eigenvalue weighted by Crippen LogP contribution is 2.09. The van der Waals surface area contributed by atoms with E-state index in [2.05, 4.69) is 4.72 Å². The third kappa shape index (κ3) is 3.61. The molecule has 0 saturated heterocycles. The molecule has 0 aromatic rings. The summed E-state index contributed by atoms with van der Waals surface area (Å²) >= 11 is 10.3. The van der Waals surface area contributed by atoms with Crippen molar-refractivity contribution in [3.63, 3.8) is 0 Å². The van der Waals surface area contributed by atoms with Crippen LogP contribution in [0.2, 0.25) is 0 Å². The lowest BCUT2D eigenvalue weighted by Crippen LogP contribution is -2.33. The van der Waals surface area contributed by atoms with E-state index in [1.54, 1.807) is 13.8 Å². The lowest BCUT2D eigenvalue weighted by Gasteiger charge is -2.08. The van der Waals surface area contributed by atoms with Crippen LogP contribution in [-0.4, -0.2) is 18.6 Å². The van der Waals surface area contributed by atoms with E-state index in [0.29, 0.717) is 0 Å². The summed E-state index contributed by atoms with van der Waals surface area (Å²) in [4.78, 5) is 0. The predicted octanol–water partition coefficient (Wildman–Crippen LogP) is 1.08. The summed E-state index contributed by atoms with van der Waals surface area (Å²) in [6, 6.07) is -0.176. The van der Waals surface area contributed by atoms with Crippen molar-refractivity contribution in [2.24, 2.45) is 0 Å². The normalized spacial score (nSPS) is 13.0. The van der Waals surface area contributed by atoms with Crippen LogP contribution < -0.4 is 4.72 Å². The average molecular weight is 206 g/mol. The highest BCUT2D eigenvalue weighted by atomic mass is 35.5. The Labute approximate surface area is 70.8 Å². The molecule has 0 atom stereocenters. The molecular weight excluding hydrogens is 197 g/mol. The van der Waals surface area contributed by atoms with Crippen molar-refractivity contribution in [1.29, 1.82) is 0 Å². The van der Waals surface area contributed by atoms with Crippen molar-refractivity contribution in [1.82, 2.24) is 4.72 Å². The van der Waals surface area contributed by atoms with Crippen LogP contribution in [0.15, 0.2) is 0 Å². The molecule has 0 aliphatic rings. The second kappa shape index (κ2) is 3.76. The monoisotopic (exact) mass is 205 g/mol. The molecule has 0 aliphatic carbocycles. The summed E-state index contributed by atoms with van der Waals surface area (Å²) in [7, 11) is -3.52. The molecule has 3 nitrogen and oxygen atoms in total. The summed E-state index contributed by atoms with van der Waals surface area (Å²) in [6.07, 6.45) is 0. The maximum Gasteiger partial charge on any atom is 0.243 e. The van der Waals surface area contributed by atoms with E-state index in [-0.39, 0.29) is 6.04 Å². The van der Waals surface area contributed by atoms with E-state index in [0.717, 1.165) is 0 Å². The van der Waals surface area contributed by atoms with Crippen molar-refractivity contribution in [3.8, 4) is 0 Å². The lowest BCUT2D eigenvalue weighted by molar-refractivity contribution is 0.572. The van der Waals surface area contributed by atoms with Gasteiger partial charge in [-0.25, -0.2) is 13.1 Å². The van der Waals surface area contributed by atoms with Crippen LogP contribution in [0.4, 0.5) is 0 Å². The Morgan fingerprint density at radius 3 is 1.80 bits per heavy atom. The maximum absolute atomic E-state index is 10.8. The summed E-state index contributed by atoms with van der Waals surface area (Å²) in [5.74, 6) is 0. The Kier molecular flexibility index (Phi) is 3.94. The number of alkyl halides is 2. The SMILES string of the molecule is CC(C)NS(=O)(=O)C(Cl)Cl. The first kappa shape index (κ1) is 10.5. The third-order valence-electron chi connectivity index (χ3n) is 0.635. The van der Waals surface area contributed by atoms with Crippen molar-refractivity contribution in [3.05, 3.63) is 0 Å². The highest BCUT2D eigenvalue weighted by molar-refractivity contribution is 7.92. The number of halogens is 2. The summed E-state index contributed by atoms with van der Waals surface area (Å²) in [5.41, 5.74) is 0. The minimum atomic E-state index is -3.52. The van der Waals surface area contributed by atoms with Crippen LogP contribution in [0.25, 0.3) is 0 Å². The number of sulfonamides is 1. The third-order valence-corrected chi connectivity index (χ3v) is 3.31. The molecule has 0 aromatic carbocycles. The number of rotatable bonds is 3. The molecule has 0 spiro atoms. The molecule has 0 radical (unpaired) electrons. The zero-order valence-electron chi connectivity index (χ0n) is 5.64. The minimum Gasteiger partial charge on any atom is -0.210 e. The number of hydrogen-bond acceptors (Lipinski definition) is 2. The van der Waals surface area contributed by atoms with Gasteiger partial charge in [0.1, 0.15) is 0 Å². The van der Waals surface area contributed by atoms with Gasteiger partial charge >= 0.3 is 0 Å². The largest absolute Gasteiger partial charge is 0.243 e. The van der Waals surface area contributed by atoms with Gasteiger partial charge in [-0.15, -0.1) is 0 Å². The van der Waals surface area contributed by atoms with Crippen LogP contribution in [0.1, 0.15) is 13.8 Å². The Morgan fingerprint density at radius 1 is 1.30 bits per heavy atom. The average Bonchev–Trinajstić information content (AvgIpc) is 1.60. The molecule has 0 aliphatic heterocycles. The van der Waals surface area contributed by atoms with Gasteiger partial charge in [0.2, 0.25) is 14.2 Å². The van der Waals surface area contributed by atoms with E-state index in [1.807, 2.05) is 0 Å². The number of hydrogen-bond donors (Lipinski definition) is 1. The molecule has 0 bridgehead atoms. The quantitative estimate of drug-likeness (QED) is 0.702. The molecule has 62 valence electrons. The van der Waals surface area contributed by atoms with E-state index in [4.69, 9.17) is 23.2 Å². The second-order valence-corrected chi connectivity index (χ2v) is 5.49. The summed E-state index contributed by atoms with van der Waals surface area (Å²) < 4.78 is 22.4. The minimum absolute atomic E-state index is 0.176. The molecule has 0 rings (SSSR count). The Bertz CT molecular complexity index is 187. The molecule has 1 N–H and O–H groups in total. The van der Waals surface area contributed by atoms with Crippen LogP contribution >= 0.6 is 23.2 Å². The molecular formula is C4H9Cl2NO2S. The van der Waals surface area contributed by atoms with Crippen molar-refractivity contribution < 1.29 is 8.42 Å². The van der Waals surface area contributed by atoms with Gasteiger partial charge in [0.25, 0.3) is 0 Å². The van der Waals surface area contributed by atoms with Crippen LogP contribution in [0, 0.1) is 0 Å². The summed E-state index contributed by atoms with van der Waals surface area (Å²) in [5, 5.41) is 0. The molecule has 10 heavy (non-hydrogen) atoms. The van der Waals surface area contributed by atoms with Crippen LogP contribution in [-0.2, 0) is 10.0 Å². The maximum atomic E-state index is 10.8. The first-order chi connectivity index (χ1) is 4.36. The lowest BCUT2D eigenvalue weighted by atomic mass is 10.4. The number of nitrogens with one attached hydrogen (secondary N) is 1. The van der Waals surface area contributed by atoms with E-state index in [1.165, 1.54) is 0 Å². The molecule has 6 heteroatoms. The fourth-order valence-corrected chi connectivity index (χ4v) is 1.45. The fraction of sp³-hybridized carbons (Fsp3) is 1.00. The van der Waals surface area contributed by atoms with Gasteiger partial charge in [-0.2, -0.15) is 0 Å². The zero-order chi connectivity index (χ0) is 8.36. The van der Waals surface area contributed by atoms with Crippen LogP contribution in [0.5, 0.6) is 0 Å². The van der Waals surface area contributed by atoms with Gasteiger partial charge in [0.15, 0.2) is 0 Å². The molecule has 0 aromatic heterocycles. The molecule has 0 saturated carbocycles. The predicted molar refractivity (Wildman–Crippen MR) is 42.7 cm³/mol. The van der Waals surface area contributed by atoms with Gasteiger partial charge in [0, 0.05) is 6.04 Å². The molecule has 0 heterocycles. The first-order valence-corrected chi connectivity index (χ1v) is 5.07. The van der Waals surface area contributed by atoms with Gasteiger partial charge in [-0.3, -0.25) is 0 Å².